The van der Waals surface area contributed by atoms with Crippen molar-refractivity contribution in [3.05, 3.63) is 29.5 Å². The molecule has 1 aliphatic carbocycles. The van der Waals surface area contributed by atoms with Gasteiger partial charge in [-0.2, -0.15) is 0 Å². The Morgan fingerprint density at radius 3 is 2.91 bits per heavy atom. The van der Waals surface area contributed by atoms with Crippen molar-refractivity contribution in [1.29, 1.82) is 0 Å². The molecule has 0 aliphatic heterocycles. The molecule has 2 aromatic heterocycles. The Morgan fingerprint density at radius 1 is 1.43 bits per heavy atom. The fourth-order valence-electron chi connectivity index (χ4n) is 2.83. The van der Waals surface area contributed by atoms with Crippen molar-refractivity contribution >= 4 is 17.7 Å². The van der Waals surface area contributed by atoms with E-state index in [1.54, 1.807) is 11.9 Å². The van der Waals surface area contributed by atoms with Gasteiger partial charge in [-0.25, -0.2) is 4.98 Å². The van der Waals surface area contributed by atoms with Crippen LogP contribution in [0, 0.1) is 6.92 Å². The van der Waals surface area contributed by atoms with Gasteiger partial charge < -0.3 is 9.32 Å². The van der Waals surface area contributed by atoms with Crippen molar-refractivity contribution in [1.82, 2.24) is 20.1 Å². The van der Waals surface area contributed by atoms with E-state index in [1.807, 2.05) is 19.1 Å². The Bertz CT molecular complexity index is 661. The van der Waals surface area contributed by atoms with Gasteiger partial charge in [0.15, 0.2) is 0 Å². The second-order valence-corrected chi connectivity index (χ2v) is 6.98. The zero-order chi connectivity index (χ0) is 16.2. The molecular weight excluding hydrogens is 312 g/mol. The predicted molar refractivity (Wildman–Crippen MR) is 88.2 cm³/mol. The lowest BCUT2D eigenvalue weighted by atomic mass is 10.1. The number of hydrogen-bond donors (Lipinski definition) is 1. The largest absolute Gasteiger partial charge is 0.464 e. The fraction of sp³-hybridized carbons (Fsp3) is 0.562. The summed E-state index contributed by atoms with van der Waals surface area (Å²) in [7, 11) is 1.78. The van der Waals surface area contributed by atoms with E-state index < -0.39 is 0 Å². The molecule has 6 nitrogen and oxygen atoms in total. The van der Waals surface area contributed by atoms with Gasteiger partial charge in [0, 0.05) is 13.0 Å². The Balaban J connectivity index is 1.48. The van der Waals surface area contributed by atoms with E-state index in [1.165, 1.54) is 37.4 Å². The topological polar surface area (TPSA) is 75.0 Å². The van der Waals surface area contributed by atoms with E-state index in [4.69, 9.17) is 4.42 Å². The van der Waals surface area contributed by atoms with Gasteiger partial charge in [0.1, 0.15) is 17.3 Å². The predicted octanol–water partition coefficient (Wildman–Crippen LogP) is 3.11. The number of furan rings is 1. The Morgan fingerprint density at radius 2 is 2.22 bits per heavy atom. The molecule has 23 heavy (non-hydrogen) atoms. The van der Waals surface area contributed by atoms with E-state index in [-0.39, 0.29) is 5.91 Å². The minimum atomic E-state index is 0.0382. The number of hydrogen-bond acceptors (Lipinski definition) is 5. The molecule has 0 atom stereocenters. The fourth-order valence-corrected chi connectivity index (χ4v) is 3.58. The van der Waals surface area contributed by atoms with Crippen LogP contribution in [0.5, 0.6) is 0 Å². The van der Waals surface area contributed by atoms with Crippen molar-refractivity contribution < 1.29 is 9.21 Å². The Hall–Kier alpha value is -1.76. The third-order valence-corrected chi connectivity index (χ3v) is 5.00. The van der Waals surface area contributed by atoms with Gasteiger partial charge in [0.2, 0.25) is 11.1 Å². The van der Waals surface area contributed by atoms with Gasteiger partial charge in [0.05, 0.1) is 12.3 Å². The number of amides is 1. The van der Waals surface area contributed by atoms with E-state index in [9.17, 15) is 4.79 Å². The SMILES string of the molecule is Cc1ccc(CN(C)C(=O)CSc2n[nH]c(C3CCCC3)n2)o1. The van der Waals surface area contributed by atoms with Crippen molar-refractivity contribution in [2.75, 3.05) is 12.8 Å². The summed E-state index contributed by atoms with van der Waals surface area (Å²) in [4.78, 5) is 18.4. The lowest BCUT2D eigenvalue weighted by molar-refractivity contribution is -0.127. The summed E-state index contributed by atoms with van der Waals surface area (Å²) in [5.74, 6) is 3.50. The van der Waals surface area contributed by atoms with Crippen LogP contribution in [0.4, 0.5) is 0 Å². The van der Waals surface area contributed by atoms with Gasteiger partial charge >= 0.3 is 0 Å². The summed E-state index contributed by atoms with van der Waals surface area (Å²) >= 11 is 1.38. The highest BCUT2D eigenvalue weighted by Crippen LogP contribution is 2.32. The minimum Gasteiger partial charge on any atom is -0.464 e. The molecule has 1 aliphatic rings. The van der Waals surface area contributed by atoms with Crippen LogP contribution >= 0.6 is 11.8 Å². The monoisotopic (exact) mass is 334 g/mol. The van der Waals surface area contributed by atoms with Crippen molar-refractivity contribution in [3.8, 4) is 0 Å². The van der Waals surface area contributed by atoms with Crippen LogP contribution in [0.3, 0.4) is 0 Å². The number of nitrogens with one attached hydrogen (secondary N) is 1. The van der Waals surface area contributed by atoms with E-state index in [2.05, 4.69) is 15.2 Å². The maximum absolute atomic E-state index is 12.2. The van der Waals surface area contributed by atoms with Crippen LogP contribution < -0.4 is 0 Å². The van der Waals surface area contributed by atoms with Gasteiger partial charge in [-0.3, -0.25) is 9.89 Å². The van der Waals surface area contributed by atoms with Gasteiger partial charge in [-0.05, 0) is 31.9 Å². The quantitative estimate of drug-likeness (QED) is 0.822. The molecular formula is C16H22N4O2S. The maximum Gasteiger partial charge on any atom is 0.233 e. The maximum atomic E-state index is 12.2. The highest BCUT2D eigenvalue weighted by Gasteiger charge is 2.21. The summed E-state index contributed by atoms with van der Waals surface area (Å²) in [6, 6.07) is 3.80. The van der Waals surface area contributed by atoms with Crippen LogP contribution in [0.25, 0.3) is 0 Å². The molecule has 1 amide bonds. The first-order valence-electron chi connectivity index (χ1n) is 7.96. The zero-order valence-electron chi connectivity index (χ0n) is 13.5. The first-order valence-corrected chi connectivity index (χ1v) is 8.95. The normalized spacial score (nSPS) is 15.2. The molecule has 7 heteroatoms. The van der Waals surface area contributed by atoms with Crippen LogP contribution in [0.1, 0.15) is 48.9 Å². The highest BCUT2D eigenvalue weighted by atomic mass is 32.2. The minimum absolute atomic E-state index is 0.0382. The molecule has 1 N–H and O–H groups in total. The number of carbonyl (C=O) groups excluding carboxylic acids is 1. The second kappa shape index (κ2) is 7.21. The molecule has 1 fully saturated rings. The van der Waals surface area contributed by atoms with Crippen molar-refractivity contribution in [2.45, 2.75) is 50.2 Å². The number of aromatic amines is 1. The summed E-state index contributed by atoms with van der Waals surface area (Å²) in [6.07, 6.45) is 4.90. The molecule has 0 aromatic carbocycles. The first-order chi connectivity index (χ1) is 11.1. The molecule has 0 spiro atoms. The third-order valence-electron chi connectivity index (χ3n) is 4.16. The first kappa shape index (κ1) is 16.1. The van der Waals surface area contributed by atoms with Crippen molar-refractivity contribution in [2.24, 2.45) is 0 Å². The van der Waals surface area contributed by atoms with Gasteiger partial charge in [-0.1, -0.05) is 24.6 Å². The number of aryl methyl sites for hydroxylation is 1. The second-order valence-electron chi connectivity index (χ2n) is 6.04. The number of H-pyrrole nitrogens is 1. The van der Waals surface area contributed by atoms with Gasteiger partial charge in [-0.15, -0.1) is 5.10 Å². The van der Waals surface area contributed by atoms with Crippen LogP contribution in [0.15, 0.2) is 21.7 Å². The smallest absolute Gasteiger partial charge is 0.233 e. The van der Waals surface area contributed by atoms with Crippen molar-refractivity contribution in [3.63, 3.8) is 0 Å². The molecule has 2 heterocycles. The summed E-state index contributed by atoms with van der Waals surface area (Å²) in [5.41, 5.74) is 0. The Kier molecular flexibility index (Phi) is 5.05. The standard InChI is InChI=1S/C16H22N4O2S/c1-11-7-8-13(22-11)9-20(2)14(21)10-23-16-17-15(18-19-16)12-5-3-4-6-12/h7-8,12H,3-6,9-10H2,1-2H3,(H,17,18,19). The summed E-state index contributed by atoms with van der Waals surface area (Å²) < 4.78 is 5.50. The molecule has 2 aromatic rings. The molecule has 0 saturated heterocycles. The third kappa shape index (κ3) is 4.16. The number of aromatic nitrogens is 3. The average molecular weight is 334 g/mol. The number of rotatable bonds is 6. The molecule has 0 radical (unpaired) electrons. The molecule has 3 rings (SSSR count). The van der Waals surface area contributed by atoms with Gasteiger partial charge in [0.25, 0.3) is 0 Å². The van der Waals surface area contributed by atoms with Crippen LogP contribution in [0.2, 0.25) is 0 Å². The molecule has 1 saturated carbocycles. The number of carbonyl (C=O) groups is 1. The average Bonchev–Trinajstić information content (AvgIpc) is 3.26. The highest BCUT2D eigenvalue weighted by molar-refractivity contribution is 7.99. The summed E-state index contributed by atoms with van der Waals surface area (Å²) in [5, 5.41) is 7.89. The van der Waals surface area contributed by atoms with E-state index in [0.717, 1.165) is 17.3 Å². The molecule has 0 bridgehead atoms. The lowest BCUT2D eigenvalue weighted by Crippen LogP contribution is -2.27. The number of nitrogens with zero attached hydrogens (tertiary/aromatic N) is 3. The lowest BCUT2D eigenvalue weighted by Gasteiger charge is -2.14. The van der Waals surface area contributed by atoms with Crippen LogP contribution in [-0.2, 0) is 11.3 Å². The van der Waals surface area contributed by atoms with Crippen LogP contribution in [-0.4, -0.2) is 38.8 Å². The zero-order valence-corrected chi connectivity index (χ0v) is 14.4. The molecule has 0 unspecified atom stereocenters. The summed E-state index contributed by atoms with van der Waals surface area (Å²) in [6.45, 7) is 2.38. The number of thioether (sulfide) groups is 1. The van der Waals surface area contributed by atoms with E-state index in [0.29, 0.717) is 23.4 Å². The molecule has 124 valence electrons. The Labute approximate surface area is 140 Å². The van der Waals surface area contributed by atoms with E-state index >= 15 is 0 Å².